The van der Waals surface area contributed by atoms with Crippen LogP contribution in [0.4, 0.5) is 24.5 Å². The smallest absolute Gasteiger partial charge is 0.257 e. The van der Waals surface area contributed by atoms with Crippen molar-refractivity contribution in [2.24, 2.45) is 0 Å². The van der Waals surface area contributed by atoms with Gasteiger partial charge in [-0.2, -0.15) is 0 Å². The normalized spacial score (nSPS) is 10.4. The van der Waals surface area contributed by atoms with Crippen molar-refractivity contribution in [2.75, 3.05) is 10.6 Å². The number of anilines is 2. The molecule has 2 amide bonds. The summed E-state index contributed by atoms with van der Waals surface area (Å²) in [4.78, 5) is 28.4. The van der Waals surface area contributed by atoms with Crippen molar-refractivity contribution in [3.05, 3.63) is 89.0 Å². The zero-order chi connectivity index (χ0) is 20.3. The third-order valence-electron chi connectivity index (χ3n) is 3.86. The van der Waals surface area contributed by atoms with Crippen LogP contribution in [0.3, 0.4) is 0 Å². The largest absolute Gasteiger partial charge is 0.322 e. The molecule has 8 heteroatoms. The average molecular weight is 385 g/mol. The summed E-state index contributed by atoms with van der Waals surface area (Å²) in [7, 11) is 0. The minimum Gasteiger partial charge on any atom is -0.322 e. The molecule has 0 spiro atoms. The first-order valence-corrected chi connectivity index (χ1v) is 8.13. The second kappa shape index (κ2) is 7.91. The van der Waals surface area contributed by atoms with Crippen molar-refractivity contribution in [1.29, 1.82) is 0 Å². The van der Waals surface area contributed by atoms with Crippen LogP contribution in [0.25, 0.3) is 0 Å². The molecule has 0 saturated heterocycles. The summed E-state index contributed by atoms with van der Waals surface area (Å²) in [5.74, 6) is -5.91. The third kappa shape index (κ3) is 4.17. The van der Waals surface area contributed by atoms with Crippen LogP contribution in [0.5, 0.6) is 0 Å². The molecule has 0 bridgehead atoms. The van der Waals surface area contributed by atoms with Crippen molar-refractivity contribution < 1.29 is 22.8 Å². The maximum absolute atomic E-state index is 13.7. The van der Waals surface area contributed by atoms with Crippen LogP contribution in [0, 0.1) is 24.4 Å². The highest BCUT2D eigenvalue weighted by Crippen LogP contribution is 2.20. The van der Waals surface area contributed by atoms with Gasteiger partial charge in [0.15, 0.2) is 17.5 Å². The number of nitrogens with zero attached hydrogens (tertiary/aromatic N) is 1. The number of benzene rings is 2. The first-order chi connectivity index (χ1) is 13.3. The van der Waals surface area contributed by atoms with Gasteiger partial charge in [-0.05, 0) is 37.3 Å². The van der Waals surface area contributed by atoms with Gasteiger partial charge in [0.1, 0.15) is 0 Å². The number of rotatable bonds is 4. The lowest BCUT2D eigenvalue weighted by molar-refractivity contribution is 0.102. The summed E-state index contributed by atoms with van der Waals surface area (Å²) in [6, 6.07) is 9.95. The van der Waals surface area contributed by atoms with E-state index in [1.165, 1.54) is 12.3 Å². The zero-order valence-electron chi connectivity index (χ0n) is 14.6. The van der Waals surface area contributed by atoms with E-state index < -0.39 is 35.0 Å². The summed E-state index contributed by atoms with van der Waals surface area (Å²) >= 11 is 0. The number of carbonyl (C=O) groups excluding carboxylic acids is 2. The van der Waals surface area contributed by atoms with Crippen LogP contribution < -0.4 is 10.6 Å². The molecule has 5 nitrogen and oxygen atoms in total. The minimum atomic E-state index is -1.69. The van der Waals surface area contributed by atoms with Crippen LogP contribution >= 0.6 is 0 Å². The lowest BCUT2D eigenvalue weighted by Crippen LogP contribution is -2.17. The Morgan fingerprint density at radius 1 is 0.821 bits per heavy atom. The third-order valence-corrected chi connectivity index (χ3v) is 3.86. The first kappa shape index (κ1) is 19.1. The summed E-state index contributed by atoms with van der Waals surface area (Å²) in [5, 5.41) is 4.79. The van der Waals surface area contributed by atoms with Gasteiger partial charge in [0.25, 0.3) is 11.8 Å². The monoisotopic (exact) mass is 385 g/mol. The molecule has 0 aliphatic rings. The number of amides is 2. The molecule has 0 aliphatic carbocycles. The molecule has 0 fully saturated rings. The fraction of sp³-hybridized carbons (Fsp3) is 0.0500. The van der Waals surface area contributed by atoms with Gasteiger partial charge in [-0.25, -0.2) is 13.2 Å². The molecule has 3 aromatic rings. The van der Waals surface area contributed by atoms with Gasteiger partial charge >= 0.3 is 0 Å². The zero-order valence-corrected chi connectivity index (χ0v) is 14.6. The second-order valence-electron chi connectivity index (χ2n) is 5.96. The predicted molar refractivity (Wildman–Crippen MR) is 97.6 cm³/mol. The lowest BCUT2D eigenvalue weighted by Gasteiger charge is -2.09. The van der Waals surface area contributed by atoms with Gasteiger partial charge in [-0.3, -0.25) is 14.6 Å². The quantitative estimate of drug-likeness (QED) is 0.658. The van der Waals surface area contributed by atoms with E-state index in [1.54, 1.807) is 12.1 Å². The molecule has 0 unspecified atom stereocenters. The molecule has 0 atom stereocenters. The topological polar surface area (TPSA) is 71.1 Å². The van der Waals surface area contributed by atoms with E-state index in [9.17, 15) is 22.8 Å². The van der Waals surface area contributed by atoms with Crippen molar-refractivity contribution in [3.8, 4) is 0 Å². The van der Waals surface area contributed by atoms with Crippen molar-refractivity contribution in [2.45, 2.75) is 6.92 Å². The maximum atomic E-state index is 13.7. The Kier molecular flexibility index (Phi) is 5.39. The van der Waals surface area contributed by atoms with E-state index in [1.807, 2.05) is 19.1 Å². The summed E-state index contributed by atoms with van der Waals surface area (Å²) in [6.45, 7) is 1.91. The number of pyridine rings is 1. The number of aromatic nitrogens is 1. The molecule has 1 heterocycles. The highest BCUT2D eigenvalue weighted by atomic mass is 19.2. The van der Waals surface area contributed by atoms with Crippen LogP contribution in [-0.4, -0.2) is 16.8 Å². The number of nitrogens with one attached hydrogen (secondary N) is 2. The van der Waals surface area contributed by atoms with E-state index in [0.29, 0.717) is 11.8 Å². The Morgan fingerprint density at radius 2 is 1.43 bits per heavy atom. The van der Waals surface area contributed by atoms with Crippen molar-refractivity contribution in [3.63, 3.8) is 0 Å². The minimum absolute atomic E-state index is 0.0549. The van der Waals surface area contributed by atoms with Gasteiger partial charge in [0.2, 0.25) is 0 Å². The molecule has 142 valence electrons. The number of aryl methyl sites for hydroxylation is 1. The molecule has 0 radical (unpaired) electrons. The molecule has 2 aromatic carbocycles. The van der Waals surface area contributed by atoms with Crippen LogP contribution in [0.15, 0.2) is 54.9 Å². The van der Waals surface area contributed by atoms with E-state index in [-0.39, 0.29) is 11.1 Å². The lowest BCUT2D eigenvalue weighted by atomic mass is 10.1. The van der Waals surface area contributed by atoms with E-state index >= 15 is 0 Å². The average Bonchev–Trinajstić information content (AvgIpc) is 2.70. The Bertz CT molecular complexity index is 1050. The number of hydrogen-bond acceptors (Lipinski definition) is 3. The Morgan fingerprint density at radius 3 is 2.07 bits per heavy atom. The van der Waals surface area contributed by atoms with E-state index in [0.717, 1.165) is 17.8 Å². The molecule has 3 rings (SSSR count). The Hall–Kier alpha value is -3.68. The highest BCUT2D eigenvalue weighted by molar-refractivity contribution is 6.08. The fourth-order valence-corrected chi connectivity index (χ4v) is 2.35. The van der Waals surface area contributed by atoms with Gasteiger partial charge in [0.05, 0.1) is 16.8 Å². The van der Waals surface area contributed by atoms with E-state index in [2.05, 4.69) is 15.6 Å². The summed E-state index contributed by atoms with van der Waals surface area (Å²) in [6.07, 6.45) is 2.42. The second-order valence-corrected chi connectivity index (χ2v) is 5.96. The predicted octanol–water partition coefficient (Wildman–Crippen LogP) is 4.31. The molecule has 0 saturated carbocycles. The molecular formula is C20H14F3N3O2. The Balaban J connectivity index is 1.77. The number of halogens is 3. The molecule has 0 aliphatic heterocycles. The highest BCUT2D eigenvalue weighted by Gasteiger charge is 2.17. The number of hydrogen-bond donors (Lipinski definition) is 2. The van der Waals surface area contributed by atoms with Crippen LogP contribution in [0.2, 0.25) is 0 Å². The van der Waals surface area contributed by atoms with Crippen molar-refractivity contribution >= 4 is 23.2 Å². The Labute approximate surface area is 158 Å². The maximum Gasteiger partial charge on any atom is 0.257 e. The van der Waals surface area contributed by atoms with Crippen LogP contribution in [0.1, 0.15) is 26.3 Å². The molecule has 1 aromatic heterocycles. The first-order valence-electron chi connectivity index (χ1n) is 8.13. The summed E-state index contributed by atoms with van der Waals surface area (Å²) < 4.78 is 40.0. The number of carbonyl (C=O) groups is 2. The molecular weight excluding hydrogens is 371 g/mol. The van der Waals surface area contributed by atoms with Gasteiger partial charge in [-0.15, -0.1) is 0 Å². The van der Waals surface area contributed by atoms with E-state index in [4.69, 9.17) is 0 Å². The standard InChI is InChI=1S/C20H14F3N3O2/c1-11-2-4-14(5-3-11)25-19(27)12-8-13(10-24-9-12)20(28)26-16-7-6-15(21)17(22)18(16)23/h2-10H,1H3,(H,25,27)(H,26,28). The van der Waals surface area contributed by atoms with Gasteiger partial charge in [-0.1, -0.05) is 17.7 Å². The van der Waals surface area contributed by atoms with Gasteiger partial charge in [0, 0.05) is 18.1 Å². The fourth-order valence-electron chi connectivity index (χ4n) is 2.35. The van der Waals surface area contributed by atoms with Gasteiger partial charge < -0.3 is 10.6 Å². The van der Waals surface area contributed by atoms with Crippen LogP contribution in [-0.2, 0) is 0 Å². The SMILES string of the molecule is Cc1ccc(NC(=O)c2cncc(C(=O)Nc3ccc(F)c(F)c3F)c2)cc1. The van der Waals surface area contributed by atoms with Crippen molar-refractivity contribution in [1.82, 2.24) is 4.98 Å². The summed E-state index contributed by atoms with van der Waals surface area (Å²) in [5.41, 5.74) is 1.11. The molecule has 28 heavy (non-hydrogen) atoms. The molecule has 2 N–H and O–H groups in total.